The third kappa shape index (κ3) is 4.95. The van der Waals surface area contributed by atoms with Crippen LogP contribution in [-0.2, 0) is 4.79 Å². The fraction of sp³-hybridized carbons (Fsp3) is 0.714. The summed E-state index contributed by atoms with van der Waals surface area (Å²) in [5, 5.41) is 16.3. The van der Waals surface area contributed by atoms with Crippen molar-refractivity contribution in [2.45, 2.75) is 19.8 Å². The van der Waals surface area contributed by atoms with Gasteiger partial charge in [-0.05, 0) is 18.8 Å². The number of hydrogen-bond donors (Lipinski definition) is 2. The molecule has 11 heavy (non-hydrogen) atoms. The largest absolute Gasteiger partial charge is 0.477 e. The van der Waals surface area contributed by atoms with E-state index < -0.39 is 5.97 Å². The monoisotopic (exact) mass is 221 g/mol. The molecule has 3 nitrogen and oxygen atoms in total. The maximum absolute atomic E-state index is 10.2. The summed E-state index contributed by atoms with van der Waals surface area (Å²) in [6.07, 6.45) is 1.27. The van der Waals surface area contributed by atoms with E-state index >= 15 is 0 Å². The zero-order valence-corrected chi connectivity index (χ0v) is 8.02. The Balaban J connectivity index is 3.66. The van der Waals surface area contributed by atoms with E-state index in [2.05, 4.69) is 15.9 Å². The van der Waals surface area contributed by atoms with Gasteiger partial charge < -0.3 is 5.11 Å². The van der Waals surface area contributed by atoms with Crippen molar-refractivity contribution < 1.29 is 9.90 Å². The van der Waals surface area contributed by atoms with Gasteiger partial charge in [0, 0.05) is 5.33 Å². The summed E-state index contributed by atoms with van der Waals surface area (Å²) >= 11 is 3.26. The second-order valence-corrected chi connectivity index (χ2v) is 3.36. The van der Waals surface area contributed by atoms with Crippen molar-refractivity contribution in [1.29, 1.82) is 5.41 Å². The summed E-state index contributed by atoms with van der Waals surface area (Å²) in [5.74, 6) is -0.829. The van der Waals surface area contributed by atoms with Crippen LogP contribution in [0.3, 0.4) is 0 Å². The summed E-state index contributed by atoms with van der Waals surface area (Å²) in [5.41, 5.74) is -0.196. The predicted molar refractivity (Wildman–Crippen MR) is 47.6 cm³/mol. The molecule has 0 fully saturated rings. The fourth-order valence-corrected chi connectivity index (χ4v) is 1.51. The van der Waals surface area contributed by atoms with Crippen LogP contribution in [0.1, 0.15) is 19.8 Å². The lowest BCUT2D eigenvalue weighted by molar-refractivity contribution is -0.129. The maximum Gasteiger partial charge on any atom is 0.349 e. The van der Waals surface area contributed by atoms with Crippen molar-refractivity contribution in [1.82, 2.24) is 0 Å². The molecule has 0 heterocycles. The molecule has 0 bridgehead atoms. The van der Waals surface area contributed by atoms with Crippen LogP contribution in [0.2, 0.25) is 0 Å². The van der Waals surface area contributed by atoms with Crippen LogP contribution in [0.25, 0.3) is 0 Å². The van der Waals surface area contributed by atoms with E-state index in [4.69, 9.17) is 10.5 Å². The number of carboxylic acids is 1. The Hall–Kier alpha value is -0.380. The van der Waals surface area contributed by atoms with Crippen molar-refractivity contribution in [3.63, 3.8) is 0 Å². The molecule has 0 aliphatic rings. The van der Waals surface area contributed by atoms with Crippen molar-refractivity contribution in [3.05, 3.63) is 0 Å². The second kappa shape index (κ2) is 5.29. The van der Waals surface area contributed by atoms with Crippen LogP contribution in [0.4, 0.5) is 0 Å². The quantitative estimate of drug-likeness (QED) is 0.551. The molecule has 0 aromatic rings. The van der Waals surface area contributed by atoms with Crippen LogP contribution in [0.5, 0.6) is 0 Å². The Morgan fingerprint density at radius 2 is 2.27 bits per heavy atom. The van der Waals surface area contributed by atoms with Gasteiger partial charge >= 0.3 is 5.97 Å². The summed E-state index contributed by atoms with van der Waals surface area (Å²) in [6.45, 7) is 1.94. The van der Waals surface area contributed by atoms with Gasteiger partial charge in [0.25, 0.3) is 0 Å². The van der Waals surface area contributed by atoms with E-state index in [0.29, 0.717) is 6.42 Å². The van der Waals surface area contributed by atoms with Gasteiger partial charge in [-0.25, -0.2) is 4.79 Å². The topological polar surface area (TPSA) is 61.2 Å². The molecule has 0 aliphatic heterocycles. The molecule has 64 valence electrons. The Labute approximate surface area is 74.4 Å². The van der Waals surface area contributed by atoms with E-state index in [1.165, 1.54) is 0 Å². The Morgan fingerprint density at radius 1 is 1.73 bits per heavy atom. The first kappa shape index (κ1) is 10.6. The van der Waals surface area contributed by atoms with Crippen molar-refractivity contribution in [2.75, 3.05) is 5.33 Å². The number of carbonyl (C=O) groups is 1. The van der Waals surface area contributed by atoms with Crippen molar-refractivity contribution >= 4 is 27.6 Å². The van der Waals surface area contributed by atoms with Gasteiger partial charge in [-0.15, -0.1) is 0 Å². The van der Waals surface area contributed by atoms with E-state index in [-0.39, 0.29) is 11.6 Å². The van der Waals surface area contributed by atoms with Gasteiger partial charge in [0.05, 0.1) is 0 Å². The highest BCUT2D eigenvalue weighted by Gasteiger charge is 2.10. The summed E-state index contributed by atoms with van der Waals surface area (Å²) < 4.78 is 0. The molecule has 0 spiro atoms. The smallest absolute Gasteiger partial charge is 0.349 e. The number of nitrogens with one attached hydrogen (secondary N) is 1. The van der Waals surface area contributed by atoms with E-state index in [9.17, 15) is 4.79 Å². The third-order valence-electron chi connectivity index (χ3n) is 1.41. The zero-order valence-electron chi connectivity index (χ0n) is 6.43. The van der Waals surface area contributed by atoms with E-state index in [0.717, 1.165) is 11.8 Å². The Morgan fingerprint density at radius 3 is 2.64 bits per heavy atom. The number of alkyl halides is 1. The molecule has 4 heteroatoms. The highest BCUT2D eigenvalue weighted by Crippen LogP contribution is 2.09. The molecule has 0 aliphatic carbocycles. The molecular weight excluding hydrogens is 210 g/mol. The zero-order chi connectivity index (χ0) is 8.85. The normalized spacial score (nSPS) is 12.5. The van der Waals surface area contributed by atoms with Crippen molar-refractivity contribution in [3.8, 4) is 0 Å². The second-order valence-electron chi connectivity index (χ2n) is 2.57. The third-order valence-corrected chi connectivity index (χ3v) is 1.87. The minimum Gasteiger partial charge on any atom is -0.477 e. The summed E-state index contributed by atoms with van der Waals surface area (Å²) in [7, 11) is 0. The maximum atomic E-state index is 10.2. The van der Waals surface area contributed by atoms with Gasteiger partial charge in [0.15, 0.2) is 0 Å². The molecule has 0 aromatic heterocycles. The Bertz CT molecular complexity index is 159. The lowest BCUT2D eigenvalue weighted by atomic mass is 10.0. The fourth-order valence-electron chi connectivity index (χ4n) is 0.724. The van der Waals surface area contributed by atoms with Crippen LogP contribution in [0.15, 0.2) is 0 Å². The number of rotatable bonds is 5. The van der Waals surface area contributed by atoms with Crippen molar-refractivity contribution in [2.24, 2.45) is 5.92 Å². The number of carboxylic acid groups (broad SMARTS) is 1. The first-order valence-corrected chi connectivity index (χ1v) is 4.56. The minimum atomic E-state index is -1.11. The van der Waals surface area contributed by atoms with Crippen LogP contribution in [0, 0.1) is 11.3 Å². The molecule has 0 saturated heterocycles. The Kier molecular flexibility index (Phi) is 5.11. The summed E-state index contributed by atoms with van der Waals surface area (Å²) in [6, 6.07) is 0. The van der Waals surface area contributed by atoms with Gasteiger partial charge in [-0.1, -0.05) is 22.9 Å². The molecule has 0 aromatic carbocycles. The van der Waals surface area contributed by atoms with Crippen LogP contribution in [-0.4, -0.2) is 22.1 Å². The van der Waals surface area contributed by atoms with E-state index in [1.807, 2.05) is 6.92 Å². The van der Waals surface area contributed by atoms with Crippen LogP contribution < -0.4 is 0 Å². The molecule has 0 radical (unpaired) electrons. The molecular formula is C7H12BrNO2. The number of hydrogen-bond acceptors (Lipinski definition) is 2. The lowest BCUT2D eigenvalue weighted by Gasteiger charge is -2.06. The average molecular weight is 222 g/mol. The number of halogens is 1. The molecule has 0 saturated carbocycles. The minimum absolute atomic E-state index is 0.196. The molecule has 0 amide bonds. The lowest BCUT2D eigenvalue weighted by Crippen LogP contribution is -2.15. The predicted octanol–water partition coefficient (Wildman–Crippen LogP) is 1.90. The van der Waals surface area contributed by atoms with Gasteiger partial charge in [0.1, 0.15) is 5.71 Å². The first-order chi connectivity index (χ1) is 5.07. The average Bonchev–Trinajstić information content (AvgIpc) is 1.87. The highest BCUT2D eigenvalue weighted by atomic mass is 79.9. The van der Waals surface area contributed by atoms with Gasteiger partial charge in [-0.3, -0.25) is 5.41 Å². The van der Waals surface area contributed by atoms with Gasteiger partial charge in [0.2, 0.25) is 0 Å². The first-order valence-electron chi connectivity index (χ1n) is 3.44. The molecule has 1 unspecified atom stereocenters. The SMILES string of the molecule is CC(CCBr)CC(=N)C(=O)O. The van der Waals surface area contributed by atoms with Gasteiger partial charge in [-0.2, -0.15) is 0 Å². The number of aliphatic carboxylic acids is 1. The molecule has 1 atom stereocenters. The molecule has 0 rings (SSSR count). The highest BCUT2D eigenvalue weighted by molar-refractivity contribution is 9.09. The summed E-state index contributed by atoms with van der Waals surface area (Å²) in [4.78, 5) is 10.2. The molecule has 2 N–H and O–H groups in total. The standard InChI is InChI=1S/C7H12BrNO2/c1-5(2-3-8)4-6(9)7(10)11/h5,9H,2-4H2,1H3,(H,10,11). The van der Waals surface area contributed by atoms with E-state index in [1.54, 1.807) is 0 Å². The van der Waals surface area contributed by atoms with Crippen LogP contribution >= 0.6 is 15.9 Å².